The molecule has 0 aliphatic heterocycles. The van der Waals surface area contributed by atoms with Crippen LogP contribution in [0.1, 0.15) is 54.4 Å². The van der Waals surface area contributed by atoms with Gasteiger partial charge in [0.1, 0.15) is 7.85 Å². The largest absolute Gasteiger partial charge is 0.105 e. The second-order valence-corrected chi connectivity index (χ2v) is 5.80. The molecule has 0 aromatic carbocycles. The highest BCUT2D eigenvalue weighted by molar-refractivity contribution is 6.11. The molecular weight excluding hydrogens is 155 g/mol. The van der Waals surface area contributed by atoms with Crippen molar-refractivity contribution in [2.24, 2.45) is 17.3 Å². The summed E-state index contributed by atoms with van der Waals surface area (Å²) in [6, 6.07) is 0. The van der Waals surface area contributed by atoms with E-state index in [1.54, 1.807) is 0 Å². The standard InChI is InChI=1S/C12H27B/c1-7-12(5,6)8-11(13)10(4)9(2)3/h9-11H,7-8,13H2,1-6H3. The van der Waals surface area contributed by atoms with E-state index in [2.05, 4.69) is 49.4 Å². The van der Waals surface area contributed by atoms with Crippen LogP contribution in [-0.4, -0.2) is 7.85 Å². The molecule has 0 rings (SSSR count). The Hall–Kier alpha value is 0.0649. The maximum atomic E-state index is 2.40. The van der Waals surface area contributed by atoms with E-state index >= 15 is 0 Å². The third-order valence-electron chi connectivity index (χ3n) is 3.78. The number of hydrogen-bond donors (Lipinski definition) is 0. The quantitative estimate of drug-likeness (QED) is 0.570. The third kappa shape index (κ3) is 4.74. The Balaban J connectivity index is 4.06. The monoisotopic (exact) mass is 182 g/mol. The molecule has 0 radical (unpaired) electrons. The maximum Gasteiger partial charge on any atom is 0.105 e. The molecule has 0 nitrogen and oxygen atoms in total. The summed E-state index contributed by atoms with van der Waals surface area (Å²) in [5.41, 5.74) is 0.530. The number of hydrogen-bond acceptors (Lipinski definition) is 0. The molecule has 0 saturated carbocycles. The van der Waals surface area contributed by atoms with E-state index in [0.29, 0.717) is 5.41 Å². The van der Waals surface area contributed by atoms with E-state index in [1.807, 2.05) is 0 Å². The first-order chi connectivity index (χ1) is 5.80. The van der Waals surface area contributed by atoms with Crippen molar-refractivity contribution in [2.45, 2.75) is 60.2 Å². The molecule has 1 heteroatoms. The summed E-state index contributed by atoms with van der Waals surface area (Å²) in [6.45, 7) is 14.1. The molecule has 13 heavy (non-hydrogen) atoms. The summed E-state index contributed by atoms with van der Waals surface area (Å²) in [4.78, 5) is 0. The second kappa shape index (κ2) is 5.07. The van der Waals surface area contributed by atoms with Gasteiger partial charge >= 0.3 is 0 Å². The van der Waals surface area contributed by atoms with Crippen molar-refractivity contribution in [3.63, 3.8) is 0 Å². The molecule has 0 aliphatic rings. The van der Waals surface area contributed by atoms with Gasteiger partial charge in [0.15, 0.2) is 0 Å². The minimum Gasteiger partial charge on any atom is -0.0665 e. The van der Waals surface area contributed by atoms with E-state index in [0.717, 1.165) is 17.7 Å². The average molecular weight is 182 g/mol. The van der Waals surface area contributed by atoms with Crippen molar-refractivity contribution in [2.75, 3.05) is 0 Å². The smallest absolute Gasteiger partial charge is 0.0665 e. The van der Waals surface area contributed by atoms with E-state index in [1.165, 1.54) is 12.8 Å². The molecule has 2 unspecified atom stereocenters. The fourth-order valence-electron chi connectivity index (χ4n) is 1.86. The lowest BCUT2D eigenvalue weighted by atomic mass is 9.65. The van der Waals surface area contributed by atoms with E-state index in [9.17, 15) is 0 Å². The Labute approximate surface area is 85.9 Å². The molecule has 0 aromatic heterocycles. The van der Waals surface area contributed by atoms with Crippen LogP contribution in [0.4, 0.5) is 0 Å². The van der Waals surface area contributed by atoms with Gasteiger partial charge in [0.05, 0.1) is 0 Å². The van der Waals surface area contributed by atoms with E-state index in [4.69, 9.17) is 0 Å². The summed E-state index contributed by atoms with van der Waals surface area (Å²) in [7, 11) is 2.40. The lowest BCUT2D eigenvalue weighted by Gasteiger charge is -2.31. The van der Waals surface area contributed by atoms with Crippen LogP contribution in [-0.2, 0) is 0 Å². The molecule has 78 valence electrons. The Morgan fingerprint density at radius 2 is 1.62 bits per heavy atom. The molecule has 0 N–H and O–H groups in total. The lowest BCUT2D eigenvalue weighted by molar-refractivity contribution is 0.265. The molecule has 0 bridgehead atoms. The van der Waals surface area contributed by atoms with Gasteiger partial charge in [-0.25, -0.2) is 0 Å². The minimum absolute atomic E-state index is 0.530. The van der Waals surface area contributed by atoms with Crippen molar-refractivity contribution in [3.05, 3.63) is 0 Å². The Kier molecular flexibility index (Phi) is 5.10. The maximum absolute atomic E-state index is 2.40. The minimum atomic E-state index is 0.530. The Morgan fingerprint density at radius 1 is 1.15 bits per heavy atom. The van der Waals surface area contributed by atoms with Crippen LogP contribution in [0.3, 0.4) is 0 Å². The summed E-state index contributed by atoms with van der Waals surface area (Å²) in [5.74, 6) is 2.53. The van der Waals surface area contributed by atoms with Crippen LogP contribution in [0.15, 0.2) is 0 Å². The molecular formula is C12H27B. The van der Waals surface area contributed by atoms with E-state index < -0.39 is 0 Å². The molecule has 0 saturated heterocycles. The normalized spacial score (nSPS) is 17.5. The zero-order valence-electron chi connectivity index (χ0n) is 10.6. The van der Waals surface area contributed by atoms with Gasteiger partial charge in [-0.15, -0.1) is 0 Å². The highest BCUT2D eigenvalue weighted by atomic mass is 14.3. The summed E-state index contributed by atoms with van der Waals surface area (Å²) < 4.78 is 0. The van der Waals surface area contributed by atoms with Crippen LogP contribution in [0.25, 0.3) is 0 Å². The van der Waals surface area contributed by atoms with Gasteiger partial charge in [-0.1, -0.05) is 60.2 Å². The lowest BCUT2D eigenvalue weighted by Crippen LogP contribution is -2.20. The highest BCUT2D eigenvalue weighted by Gasteiger charge is 2.23. The Bertz CT molecular complexity index is 138. The van der Waals surface area contributed by atoms with Crippen LogP contribution in [0.5, 0.6) is 0 Å². The van der Waals surface area contributed by atoms with Crippen molar-refractivity contribution in [1.29, 1.82) is 0 Å². The van der Waals surface area contributed by atoms with Crippen molar-refractivity contribution in [3.8, 4) is 0 Å². The summed E-state index contributed by atoms with van der Waals surface area (Å²) in [6.07, 6.45) is 2.66. The van der Waals surface area contributed by atoms with Crippen LogP contribution in [0, 0.1) is 17.3 Å². The van der Waals surface area contributed by atoms with Gasteiger partial charge in [-0.3, -0.25) is 0 Å². The van der Waals surface area contributed by atoms with Gasteiger partial charge in [0.25, 0.3) is 0 Å². The fraction of sp³-hybridized carbons (Fsp3) is 1.00. The molecule has 0 heterocycles. The predicted octanol–water partition coefficient (Wildman–Crippen LogP) is 3.53. The molecule has 0 fully saturated rings. The molecule has 2 atom stereocenters. The van der Waals surface area contributed by atoms with Crippen LogP contribution in [0.2, 0.25) is 5.82 Å². The first-order valence-electron chi connectivity index (χ1n) is 5.80. The number of rotatable bonds is 5. The average Bonchev–Trinajstić information content (AvgIpc) is 2.02. The zero-order valence-corrected chi connectivity index (χ0v) is 10.6. The topological polar surface area (TPSA) is 0 Å². The fourth-order valence-corrected chi connectivity index (χ4v) is 1.86. The Morgan fingerprint density at radius 3 is 1.92 bits per heavy atom. The van der Waals surface area contributed by atoms with Gasteiger partial charge in [0.2, 0.25) is 0 Å². The summed E-state index contributed by atoms with van der Waals surface area (Å²) >= 11 is 0. The van der Waals surface area contributed by atoms with Crippen molar-refractivity contribution >= 4 is 7.85 Å². The first-order valence-corrected chi connectivity index (χ1v) is 5.80. The molecule has 0 aliphatic carbocycles. The molecule has 0 aromatic rings. The van der Waals surface area contributed by atoms with Crippen LogP contribution >= 0.6 is 0 Å². The first kappa shape index (κ1) is 13.1. The summed E-state index contributed by atoms with van der Waals surface area (Å²) in [5, 5.41) is 0. The SMILES string of the molecule is BC(CC(C)(C)CC)C(C)C(C)C. The zero-order chi connectivity index (χ0) is 10.6. The van der Waals surface area contributed by atoms with Crippen LogP contribution < -0.4 is 0 Å². The van der Waals surface area contributed by atoms with Gasteiger partial charge in [-0.05, 0) is 17.3 Å². The predicted molar refractivity (Wildman–Crippen MR) is 65.0 cm³/mol. The molecule has 0 spiro atoms. The third-order valence-corrected chi connectivity index (χ3v) is 3.78. The second-order valence-electron chi connectivity index (χ2n) is 5.80. The molecule has 0 amide bonds. The van der Waals surface area contributed by atoms with Crippen molar-refractivity contribution in [1.82, 2.24) is 0 Å². The van der Waals surface area contributed by atoms with Gasteiger partial charge in [-0.2, -0.15) is 0 Å². The van der Waals surface area contributed by atoms with Gasteiger partial charge < -0.3 is 0 Å². The van der Waals surface area contributed by atoms with Crippen molar-refractivity contribution < 1.29 is 0 Å². The highest BCUT2D eigenvalue weighted by Crippen LogP contribution is 2.36. The van der Waals surface area contributed by atoms with E-state index in [-0.39, 0.29) is 0 Å². The van der Waals surface area contributed by atoms with Gasteiger partial charge in [0, 0.05) is 0 Å².